The minimum atomic E-state index is -2.19. The highest BCUT2D eigenvalue weighted by Gasteiger charge is 2.59. The van der Waals surface area contributed by atoms with Gasteiger partial charge in [-0.1, -0.05) is 37.1 Å². The number of carbonyl (C=O) groups is 2. The second kappa shape index (κ2) is 11.6. The predicted octanol–water partition coefficient (Wildman–Crippen LogP) is 5.46. The molecule has 4 heterocycles. The molecule has 0 amide bonds. The molecule has 0 spiro atoms. The Morgan fingerprint density at radius 2 is 1.63 bits per heavy atom. The van der Waals surface area contributed by atoms with E-state index < -0.39 is 24.1 Å². The minimum absolute atomic E-state index is 0.0534. The molecule has 0 radical (unpaired) electrons. The Hall–Kier alpha value is -3.00. The largest absolute Gasteiger partial charge is 0.356 e. The molecule has 1 aromatic heterocycles. The summed E-state index contributed by atoms with van der Waals surface area (Å²) >= 11 is 0. The molecule has 46 heavy (non-hydrogen) atoms. The minimum Gasteiger partial charge on any atom is -0.356 e. The van der Waals surface area contributed by atoms with Gasteiger partial charge in [-0.3, -0.25) is 14.5 Å². The van der Waals surface area contributed by atoms with Crippen LogP contribution in [-0.4, -0.2) is 85.3 Å². The van der Waals surface area contributed by atoms with Crippen LogP contribution in [0.4, 0.5) is 17.6 Å². The van der Waals surface area contributed by atoms with Crippen molar-refractivity contribution in [2.75, 3.05) is 73.6 Å². The molecule has 0 N–H and O–H groups in total. The summed E-state index contributed by atoms with van der Waals surface area (Å²) in [6.07, 6.45) is 15.7. The van der Waals surface area contributed by atoms with Crippen molar-refractivity contribution in [2.24, 2.45) is 34.5 Å². The highest BCUT2D eigenvalue weighted by molar-refractivity contribution is 6.01. The van der Waals surface area contributed by atoms with Crippen LogP contribution in [0.25, 0.3) is 0 Å². The van der Waals surface area contributed by atoms with E-state index in [4.69, 9.17) is 14.1 Å². The Morgan fingerprint density at radius 3 is 2.33 bits per heavy atom. The normalized spacial score (nSPS) is 37.2. The highest BCUT2D eigenvalue weighted by atomic mass is 16.1. The lowest BCUT2D eigenvalue weighted by molar-refractivity contribution is -0.129. The number of nitrogens with zero attached hydrogens (tertiary/aromatic N) is 6. The van der Waals surface area contributed by atoms with Crippen LogP contribution < -0.4 is 14.7 Å². The second-order valence-electron chi connectivity index (χ2n) is 15.6. The number of rotatable bonds is 6. The molecule has 8 rings (SSSR count). The van der Waals surface area contributed by atoms with Crippen LogP contribution in [0, 0.1) is 34.5 Å². The maximum absolute atomic E-state index is 14.4. The Balaban J connectivity index is 0.987. The summed E-state index contributed by atoms with van der Waals surface area (Å²) in [6.45, 7) is 9.64. The maximum Gasteiger partial charge on any atom is 0.229 e. The van der Waals surface area contributed by atoms with Gasteiger partial charge in [-0.15, -0.1) is 0 Å². The van der Waals surface area contributed by atoms with E-state index in [0.717, 1.165) is 82.8 Å². The molecule has 4 aliphatic carbocycles. The van der Waals surface area contributed by atoms with Crippen LogP contribution in [0.15, 0.2) is 41.5 Å². The summed E-state index contributed by atoms with van der Waals surface area (Å²) in [7, 11) is 0. The van der Waals surface area contributed by atoms with E-state index in [1.165, 1.54) is 36.8 Å². The zero-order valence-electron chi connectivity index (χ0n) is 30.7. The van der Waals surface area contributed by atoms with Gasteiger partial charge in [0.05, 0.1) is 6.54 Å². The zero-order chi connectivity index (χ0) is 34.1. The Morgan fingerprint density at radius 1 is 0.957 bits per heavy atom. The predicted molar refractivity (Wildman–Crippen MR) is 183 cm³/mol. The molecule has 2 saturated carbocycles. The summed E-state index contributed by atoms with van der Waals surface area (Å²) in [6, 6.07) is 2.16. The molecule has 0 aromatic carbocycles. The lowest BCUT2D eigenvalue weighted by Crippen LogP contribution is -2.51. The fourth-order valence-electron chi connectivity index (χ4n) is 10.4. The third kappa shape index (κ3) is 5.05. The Labute approximate surface area is 279 Å². The average Bonchev–Trinajstić information content (AvgIpc) is 3.86. The number of piperazine rings is 1. The first-order chi connectivity index (χ1) is 23.4. The van der Waals surface area contributed by atoms with Crippen LogP contribution in [-0.2, 0) is 9.59 Å². The first-order valence-corrected chi connectivity index (χ1v) is 18.0. The molecular weight excluding hydrogens is 577 g/mol. The molecule has 3 aliphatic heterocycles. The Bertz CT molecular complexity index is 1550. The van der Waals surface area contributed by atoms with Crippen LogP contribution in [0.3, 0.4) is 0 Å². The van der Waals surface area contributed by atoms with Crippen molar-refractivity contribution < 1.29 is 13.7 Å². The monoisotopic (exact) mass is 632 g/mol. The van der Waals surface area contributed by atoms with E-state index in [-0.39, 0.29) is 28.8 Å². The number of Topliss-reactive ketones (excluding diaryl/α,β-unsaturated/α-hetero) is 1. The van der Waals surface area contributed by atoms with E-state index in [0.29, 0.717) is 19.4 Å². The van der Waals surface area contributed by atoms with Gasteiger partial charge in [0.25, 0.3) is 0 Å². The van der Waals surface area contributed by atoms with Gasteiger partial charge in [0.2, 0.25) is 5.95 Å². The number of hydrogen-bond donors (Lipinski definition) is 0. The molecule has 6 atom stereocenters. The molecule has 0 unspecified atom stereocenters. The van der Waals surface area contributed by atoms with Gasteiger partial charge in [-0.25, -0.2) is 0 Å². The molecule has 8 nitrogen and oxygen atoms in total. The first-order valence-electron chi connectivity index (χ1n) is 19.5. The van der Waals surface area contributed by atoms with Gasteiger partial charge >= 0.3 is 0 Å². The lowest BCUT2D eigenvalue weighted by Gasteiger charge is -2.52. The molecule has 8 heteroatoms. The van der Waals surface area contributed by atoms with Crippen LogP contribution in [0.5, 0.6) is 0 Å². The van der Waals surface area contributed by atoms with Gasteiger partial charge in [-0.2, -0.15) is 9.97 Å². The molecule has 5 fully saturated rings. The number of aromatic nitrogens is 2. The third-order valence-corrected chi connectivity index (χ3v) is 12.9. The third-order valence-electron chi connectivity index (χ3n) is 12.9. The van der Waals surface area contributed by atoms with E-state index in [9.17, 15) is 9.59 Å². The molecule has 7 aliphatic rings. The van der Waals surface area contributed by atoms with Crippen molar-refractivity contribution in [3.05, 3.63) is 41.5 Å². The van der Waals surface area contributed by atoms with E-state index >= 15 is 0 Å². The topological polar surface area (TPSA) is 72.9 Å². The van der Waals surface area contributed by atoms with Crippen LogP contribution in [0.2, 0.25) is 0 Å². The van der Waals surface area contributed by atoms with Crippen molar-refractivity contribution in [3.63, 3.8) is 0 Å². The quantitative estimate of drug-likeness (QED) is 0.383. The lowest BCUT2D eigenvalue weighted by atomic mass is 9.52. The van der Waals surface area contributed by atoms with Crippen molar-refractivity contribution >= 4 is 29.2 Å². The van der Waals surface area contributed by atoms with Crippen molar-refractivity contribution in [2.45, 2.75) is 72.1 Å². The van der Waals surface area contributed by atoms with Gasteiger partial charge in [0.1, 0.15) is 11.6 Å². The van der Waals surface area contributed by atoms with E-state index in [1.54, 1.807) is 12.2 Å². The molecular formula is C38H52N6O2. The standard InChI is InChI=1S/C38H52N6O2/c1-26-22-31-29-9-8-27-23-28(45)10-12-37(27,2)30(29)11-13-38(31,3)35(26)32(46)25-41-18-20-43(21-19-41)34-24-33(42-14-4-5-15-42)39-36(40-34)44-16-6-7-17-44/h10-12,23-24,26,29,31,35H,4-9,13-22,25H2,1-3H3/t26-,29-,31+,35-,37+,38+/m1/s1/i1D3,33+1,34+1,36+1,39+1,40+1. The molecule has 3 saturated heterocycles. The van der Waals surface area contributed by atoms with Crippen LogP contribution >= 0.6 is 0 Å². The van der Waals surface area contributed by atoms with E-state index in [1.807, 2.05) is 0 Å². The molecule has 0 bridgehead atoms. The summed E-state index contributed by atoms with van der Waals surface area (Å²) < 4.78 is 25.8. The van der Waals surface area contributed by atoms with Gasteiger partial charge < -0.3 is 14.7 Å². The first kappa shape index (κ1) is 27.0. The fourth-order valence-corrected chi connectivity index (χ4v) is 10.4. The van der Waals surface area contributed by atoms with Gasteiger partial charge in [-0.05, 0) is 93.6 Å². The summed E-state index contributed by atoms with van der Waals surface area (Å²) in [5.74, 6) is 2.22. The summed E-state index contributed by atoms with van der Waals surface area (Å²) in [5.41, 5.74) is 1.82. The van der Waals surface area contributed by atoms with Crippen LogP contribution in [0.1, 0.15) is 76.2 Å². The molecule has 246 valence electrons. The summed E-state index contributed by atoms with van der Waals surface area (Å²) in [4.78, 5) is 46.0. The number of fused-ring (bicyclic) bond motifs is 5. The Kier molecular flexibility index (Phi) is 6.81. The highest BCUT2D eigenvalue weighted by Crippen LogP contribution is 2.65. The molecule has 1 aromatic rings. The van der Waals surface area contributed by atoms with Crippen molar-refractivity contribution in [3.8, 4) is 0 Å². The number of allylic oxidation sites excluding steroid dienone is 6. The number of ketones is 2. The van der Waals surface area contributed by atoms with Crippen molar-refractivity contribution in [1.29, 1.82) is 0 Å². The van der Waals surface area contributed by atoms with Gasteiger partial charge in [0.15, 0.2) is 11.6 Å². The number of hydrogen-bond acceptors (Lipinski definition) is 8. The average molecular weight is 633 g/mol. The summed E-state index contributed by atoms with van der Waals surface area (Å²) in [5, 5.41) is 0. The van der Waals surface area contributed by atoms with Crippen molar-refractivity contribution in [1.82, 2.24) is 14.9 Å². The second-order valence-corrected chi connectivity index (χ2v) is 15.6. The zero-order valence-corrected chi connectivity index (χ0v) is 27.7. The smallest absolute Gasteiger partial charge is 0.229 e. The fraction of sp³-hybridized carbons (Fsp3) is 0.684. The number of carbonyl (C=O) groups excluding carboxylic acids is 2. The van der Waals surface area contributed by atoms with Gasteiger partial charge in [0, 0.05) is 73.9 Å². The van der Waals surface area contributed by atoms with E-state index in [2.05, 4.69) is 51.7 Å². The SMILES string of the molecule is [2H]C([2H])([2H])[C@@H]1C[C@H]2[C@@H]3CCC4=CC(=O)C=C[C@]4(C)C3=CC[C@]2(C)[C@H]1C(=O)CN1CCN([13c]2c[13c](N3CCCC3)[15n][13c](N3CCCC3)[15n]2)CC1. The number of anilines is 3. The maximum atomic E-state index is 14.4.